The second-order valence-corrected chi connectivity index (χ2v) is 3.21. The fraction of sp³-hybridized carbons (Fsp3) is 0.778. The Hall–Kier alpha value is -0.980. The van der Waals surface area contributed by atoms with Gasteiger partial charge in [0.2, 0.25) is 11.8 Å². The molecular formula is C9H17N3O3. The molecule has 86 valence electrons. The molecule has 1 rings (SSSR count). The van der Waals surface area contributed by atoms with E-state index in [-0.39, 0.29) is 6.61 Å². The van der Waals surface area contributed by atoms with Crippen LogP contribution in [0.15, 0.2) is 4.42 Å². The highest BCUT2D eigenvalue weighted by Crippen LogP contribution is 2.02. The highest BCUT2D eigenvalue weighted by molar-refractivity contribution is 4.79. The summed E-state index contributed by atoms with van der Waals surface area (Å²) >= 11 is 0. The SMILES string of the molecule is COCCN(CCO)Cc1nnc(C)o1. The standard InChI is InChI=1S/C9H17N3O3/c1-8-10-11-9(15-8)7-12(3-5-13)4-6-14-2/h13H,3-7H2,1-2H3. The van der Waals surface area contributed by atoms with Gasteiger partial charge < -0.3 is 14.3 Å². The van der Waals surface area contributed by atoms with Crippen molar-refractivity contribution in [1.82, 2.24) is 15.1 Å². The summed E-state index contributed by atoms with van der Waals surface area (Å²) in [5.41, 5.74) is 0. The maximum atomic E-state index is 8.87. The van der Waals surface area contributed by atoms with Gasteiger partial charge in [0, 0.05) is 27.1 Å². The Balaban J connectivity index is 2.42. The van der Waals surface area contributed by atoms with Crippen molar-refractivity contribution in [3.05, 3.63) is 11.8 Å². The van der Waals surface area contributed by atoms with Gasteiger partial charge in [0.05, 0.1) is 19.8 Å². The van der Waals surface area contributed by atoms with Crippen LogP contribution in [-0.4, -0.2) is 53.6 Å². The minimum atomic E-state index is 0.108. The van der Waals surface area contributed by atoms with Gasteiger partial charge in [-0.2, -0.15) is 0 Å². The Bertz CT molecular complexity index is 277. The van der Waals surface area contributed by atoms with Crippen molar-refractivity contribution in [2.24, 2.45) is 0 Å². The maximum absolute atomic E-state index is 8.87. The number of aryl methyl sites for hydroxylation is 1. The van der Waals surface area contributed by atoms with Crippen LogP contribution < -0.4 is 0 Å². The summed E-state index contributed by atoms with van der Waals surface area (Å²) in [6, 6.07) is 0. The van der Waals surface area contributed by atoms with Gasteiger partial charge in [0.25, 0.3) is 0 Å². The lowest BCUT2D eigenvalue weighted by atomic mass is 10.4. The molecule has 6 heteroatoms. The number of aliphatic hydroxyl groups excluding tert-OH is 1. The molecule has 0 spiro atoms. The van der Waals surface area contributed by atoms with Gasteiger partial charge >= 0.3 is 0 Å². The molecule has 0 atom stereocenters. The van der Waals surface area contributed by atoms with Crippen LogP contribution in [0.1, 0.15) is 11.8 Å². The molecule has 0 bridgehead atoms. The molecule has 1 aromatic heterocycles. The summed E-state index contributed by atoms with van der Waals surface area (Å²) in [5, 5.41) is 16.5. The summed E-state index contributed by atoms with van der Waals surface area (Å²) in [6.07, 6.45) is 0. The molecule has 0 saturated heterocycles. The Labute approximate surface area is 88.9 Å². The van der Waals surface area contributed by atoms with E-state index in [1.807, 2.05) is 4.90 Å². The van der Waals surface area contributed by atoms with Crippen molar-refractivity contribution in [3.8, 4) is 0 Å². The minimum Gasteiger partial charge on any atom is -0.424 e. The molecule has 1 N–H and O–H groups in total. The van der Waals surface area contributed by atoms with E-state index in [9.17, 15) is 0 Å². The molecule has 0 unspecified atom stereocenters. The normalized spacial score (nSPS) is 11.2. The van der Waals surface area contributed by atoms with Gasteiger partial charge in [-0.1, -0.05) is 0 Å². The van der Waals surface area contributed by atoms with E-state index in [4.69, 9.17) is 14.3 Å². The molecule has 0 amide bonds. The molecular weight excluding hydrogens is 198 g/mol. The Morgan fingerprint density at radius 2 is 2.20 bits per heavy atom. The molecule has 0 radical (unpaired) electrons. The van der Waals surface area contributed by atoms with Crippen LogP contribution in [0.3, 0.4) is 0 Å². The maximum Gasteiger partial charge on any atom is 0.230 e. The molecule has 0 aliphatic rings. The monoisotopic (exact) mass is 215 g/mol. The third-order valence-corrected chi connectivity index (χ3v) is 1.95. The van der Waals surface area contributed by atoms with Crippen LogP contribution in [0.5, 0.6) is 0 Å². The van der Waals surface area contributed by atoms with E-state index >= 15 is 0 Å². The fourth-order valence-electron chi connectivity index (χ4n) is 1.22. The number of hydrogen-bond donors (Lipinski definition) is 1. The smallest absolute Gasteiger partial charge is 0.230 e. The van der Waals surface area contributed by atoms with Crippen molar-refractivity contribution in [2.45, 2.75) is 13.5 Å². The second kappa shape index (κ2) is 6.49. The van der Waals surface area contributed by atoms with Crippen molar-refractivity contribution in [1.29, 1.82) is 0 Å². The third-order valence-electron chi connectivity index (χ3n) is 1.95. The van der Waals surface area contributed by atoms with Crippen LogP contribution in [0.25, 0.3) is 0 Å². The summed E-state index contributed by atoms with van der Waals surface area (Å²) < 4.78 is 10.2. The largest absolute Gasteiger partial charge is 0.424 e. The first-order valence-electron chi connectivity index (χ1n) is 4.87. The number of hydrogen-bond acceptors (Lipinski definition) is 6. The number of aliphatic hydroxyl groups is 1. The van der Waals surface area contributed by atoms with E-state index in [2.05, 4.69) is 10.2 Å². The lowest BCUT2D eigenvalue weighted by molar-refractivity contribution is 0.120. The van der Waals surface area contributed by atoms with E-state index in [1.165, 1.54) is 0 Å². The summed E-state index contributed by atoms with van der Waals surface area (Å²) in [7, 11) is 1.65. The molecule has 15 heavy (non-hydrogen) atoms. The summed E-state index contributed by atoms with van der Waals surface area (Å²) in [5.74, 6) is 1.12. The number of methoxy groups -OCH3 is 1. The molecule has 0 aromatic carbocycles. The van der Waals surface area contributed by atoms with Crippen molar-refractivity contribution < 1.29 is 14.3 Å². The predicted octanol–water partition coefficient (Wildman–Crippen LogP) is -0.181. The number of rotatable bonds is 7. The molecule has 6 nitrogen and oxygen atoms in total. The minimum absolute atomic E-state index is 0.108. The van der Waals surface area contributed by atoms with Crippen LogP contribution in [0.4, 0.5) is 0 Å². The van der Waals surface area contributed by atoms with Crippen molar-refractivity contribution >= 4 is 0 Å². The molecule has 0 saturated carbocycles. The number of aromatic nitrogens is 2. The van der Waals surface area contributed by atoms with Gasteiger partial charge in [0.15, 0.2) is 0 Å². The highest BCUT2D eigenvalue weighted by atomic mass is 16.5. The zero-order valence-corrected chi connectivity index (χ0v) is 9.14. The summed E-state index contributed by atoms with van der Waals surface area (Å²) in [6.45, 7) is 4.33. The molecule has 1 heterocycles. The Morgan fingerprint density at radius 3 is 2.73 bits per heavy atom. The van der Waals surface area contributed by atoms with E-state index in [1.54, 1.807) is 14.0 Å². The Morgan fingerprint density at radius 1 is 1.40 bits per heavy atom. The van der Waals surface area contributed by atoms with E-state index in [0.717, 1.165) is 6.54 Å². The van der Waals surface area contributed by atoms with Crippen LogP contribution >= 0.6 is 0 Å². The van der Waals surface area contributed by atoms with Crippen LogP contribution in [-0.2, 0) is 11.3 Å². The predicted molar refractivity (Wildman–Crippen MR) is 53.3 cm³/mol. The van der Waals surface area contributed by atoms with Gasteiger partial charge in [-0.05, 0) is 0 Å². The topological polar surface area (TPSA) is 71.6 Å². The zero-order chi connectivity index (χ0) is 11.1. The first-order chi connectivity index (χ1) is 7.26. The third kappa shape index (κ3) is 4.37. The van der Waals surface area contributed by atoms with Gasteiger partial charge in [-0.15, -0.1) is 10.2 Å². The highest BCUT2D eigenvalue weighted by Gasteiger charge is 2.09. The first-order valence-corrected chi connectivity index (χ1v) is 4.87. The van der Waals surface area contributed by atoms with Gasteiger partial charge in [0.1, 0.15) is 0 Å². The summed E-state index contributed by atoms with van der Waals surface area (Å²) in [4.78, 5) is 2.00. The molecule has 0 fully saturated rings. The van der Waals surface area contributed by atoms with Gasteiger partial charge in [-0.25, -0.2) is 0 Å². The quantitative estimate of drug-likeness (QED) is 0.680. The average Bonchev–Trinajstić information content (AvgIpc) is 2.61. The second-order valence-electron chi connectivity index (χ2n) is 3.21. The average molecular weight is 215 g/mol. The van der Waals surface area contributed by atoms with Crippen LogP contribution in [0.2, 0.25) is 0 Å². The molecule has 0 aliphatic heterocycles. The van der Waals surface area contributed by atoms with E-state index < -0.39 is 0 Å². The lowest BCUT2D eigenvalue weighted by Gasteiger charge is -2.18. The van der Waals surface area contributed by atoms with E-state index in [0.29, 0.717) is 31.5 Å². The van der Waals surface area contributed by atoms with Gasteiger partial charge in [-0.3, -0.25) is 4.90 Å². The van der Waals surface area contributed by atoms with Crippen molar-refractivity contribution in [3.63, 3.8) is 0 Å². The lowest BCUT2D eigenvalue weighted by Crippen LogP contribution is -2.30. The first kappa shape index (κ1) is 12.1. The number of nitrogens with zero attached hydrogens (tertiary/aromatic N) is 3. The fourth-order valence-corrected chi connectivity index (χ4v) is 1.22. The zero-order valence-electron chi connectivity index (χ0n) is 9.14. The Kier molecular flexibility index (Phi) is 5.23. The number of ether oxygens (including phenoxy) is 1. The molecule has 0 aliphatic carbocycles. The van der Waals surface area contributed by atoms with Crippen LogP contribution in [0, 0.1) is 6.92 Å². The van der Waals surface area contributed by atoms with Crippen molar-refractivity contribution in [2.75, 3.05) is 33.4 Å². The molecule has 1 aromatic rings.